The molecule has 2 rings (SSSR count). The smallest absolute Gasteiger partial charge is 0.102 e. The molecule has 0 aromatic heterocycles. The molecule has 1 atom stereocenters. The summed E-state index contributed by atoms with van der Waals surface area (Å²) in [4.78, 5) is 0. The fraction of sp³-hybridized carbons (Fsp3) is 1.00. The Labute approximate surface area is 87.2 Å². The van der Waals surface area contributed by atoms with Gasteiger partial charge in [-0.2, -0.15) is 0 Å². The molecular formula is C10H20ClNO. The van der Waals surface area contributed by atoms with E-state index in [9.17, 15) is 0 Å². The number of hydrogen-bond acceptors (Lipinski definition) is 1. The largest absolute Gasteiger partial charge is 1.00 e. The molecule has 0 aromatic rings. The van der Waals surface area contributed by atoms with Gasteiger partial charge in [-0.05, 0) is 12.8 Å². The van der Waals surface area contributed by atoms with Gasteiger partial charge in [0.15, 0.2) is 0 Å². The van der Waals surface area contributed by atoms with E-state index < -0.39 is 0 Å². The van der Waals surface area contributed by atoms with Crippen molar-refractivity contribution in [1.82, 2.24) is 0 Å². The molecule has 2 saturated heterocycles. The van der Waals surface area contributed by atoms with Crippen molar-refractivity contribution in [2.45, 2.75) is 19.8 Å². The van der Waals surface area contributed by atoms with Crippen LogP contribution in [0.4, 0.5) is 0 Å². The quantitative estimate of drug-likeness (QED) is 0.427. The van der Waals surface area contributed by atoms with E-state index in [2.05, 4.69) is 6.92 Å². The van der Waals surface area contributed by atoms with Crippen molar-refractivity contribution >= 4 is 0 Å². The Balaban J connectivity index is 0.000000845. The molecule has 3 heteroatoms. The van der Waals surface area contributed by atoms with Crippen molar-refractivity contribution in [3.63, 3.8) is 0 Å². The van der Waals surface area contributed by atoms with E-state index in [4.69, 9.17) is 4.74 Å². The van der Waals surface area contributed by atoms with Crippen LogP contribution in [0.15, 0.2) is 0 Å². The van der Waals surface area contributed by atoms with Gasteiger partial charge >= 0.3 is 0 Å². The van der Waals surface area contributed by atoms with Crippen molar-refractivity contribution in [1.29, 1.82) is 0 Å². The van der Waals surface area contributed by atoms with E-state index >= 15 is 0 Å². The summed E-state index contributed by atoms with van der Waals surface area (Å²) < 4.78 is 6.78. The number of piperidine rings is 1. The SMILES string of the molecule is CC1CCC[N+]2(CCOCC2)C1.[Cl-]. The van der Waals surface area contributed by atoms with Crippen LogP contribution in [0, 0.1) is 5.92 Å². The van der Waals surface area contributed by atoms with Crippen molar-refractivity contribution in [2.24, 2.45) is 5.92 Å². The van der Waals surface area contributed by atoms with E-state index in [0.717, 1.165) is 19.1 Å². The van der Waals surface area contributed by atoms with Crippen LogP contribution >= 0.6 is 0 Å². The van der Waals surface area contributed by atoms with Crippen LogP contribution in [0.5, 0.6) is 0 Å². The fourth-order valence-corrected chi connectivity index (χ4v) is 2.76. The molecule has 0 radical (unpaired) electrons. The van der Waals surface area contributed by atoms with E-state index in [0.29, 0.717) is 0 Å². The first-order chi connectivity index (χ1) is 5.81. The van der Waals surface area contributed by atoms with Gasteiger partial charge in [0.25, 0.3) is 0 Å². The molecule has 2 heterocycles. The van der Waals surface area contributed by atoms with Crippen LogP contribution in [0.25, 0.3) is 0 Å². The lowest BCUT2D eigenvalue weighted by Crippen LogP contribution is -3.00. The third-order valence-corrected chi connectivity index (χ3v) is 3.45. The van der Waals surface area contributed by atoms with Crippen LogP contribution in [-0.4, -0.2) is 43.9 Å². The normalized spacial score (nSPS) is 32.5. The average molecular weight is 206 g/mol. The monoisotopic (exact) mass is 205 g/mol. The van der Waals surface area contributed by atoms with Crippen LogP contribution in [-0.2, 0) is 4.74 Å². The number of ether oxygens (including phenoxy) is 1. The number of hydrogen-bond donors (Lipinski definition) is 0. The lowest BCUT2D eigenvalue weighted by Gasteiger charge is -2.45. The van der Waals surface area contributed by atoms with Gasteiger partial charge < -0.3 is 21.6 Å². The lowest BCUT2D eigenvalue weighted by atomic mass is 9.97. The number of halogens is 1. The number of rotatable bonds is 0. The summed E-state index contributed by atoms with van der Waals surface area (Å²) in [6.45, 7) is 9.74. The Morgan fingerprint density at radius 1 is 1.15 bits per heavy atom. The molecule has 0 saturated carbocycles. The van der Waals surface area contributed by atoms with Crippen LogP contribution < -0.4 is 12.4 Å². The van der Waals surface area contributed by atoms with E-state index in [-0.39, 0.29) is 12.4 Å². The summed E-state index contributed by atoms with van der Waals surface area (Å²) in [7, 11) is 0. The second kappa shape index (κ2) is 4.63. The predicted octanol–water partition coefficient (Wildman–Crippen LogP) is -1.73. The maximum absolute atomic E-state index is 5.42. The Kier molecular flexibility index (Phi) is 4.02. The molecule has 2 fully saturated rings. The van der Waals surface area contributed by atoms with Crippen molar-refractivity contribution < 1.29 is 21.6 Å². The van der Waals surface area contributed by atoms with Gasteiger partial charge in [0, 0.05) is 5.92 Å². The molecule has 2 aliphatic rings. The lowest BCUT2D eigenvalue weighted by molar-refractivity contribution is -0.942. The van der Waals surface area contributed by atoms with Gasteiger partial charge in [0.05, 0.1) is 26.3 Å². The number of nitrogens with zero attached hydrogens (tertiary/aromatic N) is 1. The van der Waals surface area contributed by atoms with Crippen LogP contribution in [0.3, 0.4) is 0 Å². The first-order valence-electron chi connectivity index (χ1n) is 5.24. The van der Waals surface area contributed by atoms with E-state index in [1.807, 2.05) is 0 Å². The molecule has 0 aliphatic carbocycles. The molecule has 13 heavy (non-hydrogen) atoms. The van der Waals surface area contributed by atoms with Gasteiger partial charge in [-0.15, -0.1) is 0 Å². The molecule has 1 spiro atoms. The minimum Gasteiger partial charge on any atom is -1.00 e. The molecule has 0 aromatic carbocycles. The summed E-state index contributed by atoms with van der Waals surface area (Å²) in [5, 5.41) is 0. The van der Waals surface area contributed by atoms with Crippen molar-refractivity contribution in [3.8, 4) is 0 Å². The zero-order valence-electron chi connectivity index (χ0n) is 8.47. The minimum atomic E-state index is 0. The van der Waals surface area contributed by atoms with Crippen molar-refractivity contribution in [3.05, 3.63) is 0 Å². The topological polar surface area (TPSA) is 9.23 Å². The van der Waals surface area contributed by atoms with Crippen LogP contribution in [0.1, 0.15) is 19.8 Å². The number of quaternary nitrogens is 1. The average Bonchev–Trinajstić information content (AvgIpc) is 2.05. The highest BCUT2D eigenvalue weighted by Gasteiger charge is 2.34. The maximum atomic E-state index is 5.42. The third-order valence-electron chi connectivity index (χ3n) is 3.45. The molecule has 0 bridgehead atoms. The van der Waals surface area contributed by atoms with Gasteiger partial charge in [0.2, 0.25) is 0 Å². The molecule has 78 valence electrons. The second-order valence-electron chi connectivity index (χ2n) is 4.55. The Bertz CT molecular complexity index is 151. The number of morpholine rings is 1. The molecule has 1 unspecified atom stereocenters. The van der Waals surface area contributed by atoms with E-state index in [1.165, 1.54) is 43.5 Å². The van der Waals surface area contributed by atoms with Gasteiger partial charge in [-0.1, -0.05) is 6.92 Å². The summed E-state index contributed by atoms with van der Waals surface area (Å²) in [6, 6.07) is 0. The summed E-state index contributed by atoms with van der Waals surface area (Å²) in [5.41, 5.74) is 0. The summed E-state index contributed by atoms with van der Waals surface area (Å²) >= 11 is 0. The molecule has 0 amide bonds. The standard InChI is InChI=1S/C10H20NO.ClH/c1-10-3-2-4-11(9-10)5-7-12-8-6-11;/h10H,2-9H2,1H3;1H/q+1;/p-1. The second-order valence-corrected chi connectivity index (χ2v) is 4.55. The third kappa shape index (κ3) is 2.58. The molecule has 0 N–H and O–H groups in total. The fourth-order valence-electron chi connectivity index (χ4n) is 2.76. The van der Waals surface area contributed by atoms with Crippen LogP contribution in [0.2, 0.25) is 0 Å². The van der Waals surface area contributed by atoms with Gasteiger partial charge in [0.1, 0.15) is 13.1 Å². The van der Waals surface area contributed by atoms with Gasteiger partial charge in [-0.25, -0.2) is 0 Å². The highest BCUT2D eigenvalue weighted by molar-refractivity contribution is 4.62. The molecular weight excluding hydrogens is 186 g/mol. The Morgan fingerprint density at radius 3 is 2.46 bits per heavy atom. The Hall–Kier alpha value is 0.210. The molecule has 2 nitrogen and oxygen atoms in total. The highest BCUT2D eigenvalue weighted by Crippen LogP contribution is 2.24. The maximum Gasteiger partial charge on any atom is 0.102 e. The summed E-state index contributed by atoms with van der Waals surface area (Å²) in [6.07, 6.45) is 2.88. The zero-order chi connectivity index (χ0) is 8.44. The predicted molar refractivity (Wildman–Crippen MR) is 48.9 cm³/mol. The van der Waals surface area contributed by atoms with Gasteiger partial charge in [-0.3, -0.25) is 0 Å². The van der Waals surface area contributed by atoms with Crippen molar-refractivity contribution in [2.75, 3.05) is 39.4 Å². The highest BCUT2D eigenvalue weighted by atomic mass is 35.5. The van der Waals surface area contributed by atoms with E-state index in [1.54, 1.807) is 0 Å². The first-order valence-corrected chi connectivity index (χ1v) is 5.24. The molecule has 2 aliphatic heterocycles. The Morgan fingerprint density at radius 2 is 1.85 bits per heavy atom. The summed E-state index contributed by atoms with van der Waals surface area (Å²) in [5.74, 6) is 0.942. The zero-order valence-corrected chi connectivity index (χ0v) is 9.22. The minimum absolute atomic E-state index is 0. The first kappa shape index (κ1) is 11.3.